The maximum atomic E-state index is 12.5. The molecule has 0 fully saturated rings. The first-order valence-corrected chi connectivity index (χ1v) is 9.97. The summed E-state index contributed by atoms with van der Waals surface area (Å²) in [5.74, 6) is -0.989. The molecule has 31 heavy (non-hydrogen) atoms. The Morgan fingerprint density at radius 2 is 1.77 bits per heavy atom. The number of carbonyl (C=O) groups is 2. The lowest BCUT2D eigenvalue weighted by Gasteiger charge is -2.32. The van der Waals surface area contributed by atoms with Crippen molar-refractivity contribution in [2.45, 2.75) is 32.7 Å². The minimum Gasteiger partial charge on any atom is -0.494 e. The summed E-state index contributed by atoms with van der Waals surface area (Å²) < 4.78 is 16.1. The molecule has 1 atom stereocenters. The van der Waals surface area contributed by atoms with Gasteiger partial charge in [0.15, 0.2) is 12.1 Å². The lowest BCUT2D eigenvalue weighted by atomic mass is 9.85. The van der Waals surface area contributed by atoms with Crippen LogP contribution in [-0.4, -0.2) is 36.9 Å². The number of rotatable bonds is 11. The van der Waals surface area contributed by atoms with Gasteiger partial charge in [0.1, 0.15) is 11.5 Å². The van der Waals surface area contributed by atoms with Crippen molar-refractivity contribution < 1.29 is 28.9 Å². The number of carboxylic acids is 1. The summed E-state index contributed by atoms with van der Waals surface area (Å²) in [6, 6.07) is 13.3. The van der Waals surface area contributed by atoms with Gasteiger partial charge in [-0.3, -0.25) is 0 Å². The van der Waals surface area contributed by atoms with E-state index in [1.54, 1.807) is 56.3 Å². The van der Waals surface area contributed by atoms with Gasteiger partial charge in [-0.25, -0.2) is 9.59 Å². The Hall–Kier alpha value is -3.73. The molecule has 1 unspecified atom stereocenters. The van der Waals surface area contributed by atoms with Crippen molar-refractivity contribution in [1.82, 2.24) is 0 Å². The molecular weight excluding hydrogens is 400 g/mol. The van der Waals surface area contributed by atoms with E-state index in [9.17, 15) is 14.7 Å². The van der Waals surface area contributed by atoms with Crippen LogP contribution < -0.4 is 14.8 Å². The fraction of sp³-hybridized carbons (Fsp3) is 0.348. The maximum Gasteiger partial charge on any atom is 0.344 e. The van der Waals surface area contributed by atoms with E-state index < -0.39 is 17.5 Å². The van der Waals surface area contributed by atoms with Crippen LogP contribution in [0, 0.1) is 11.3 Å². The molecular formula is C23H26N2O6. The largest absolute Gasteiger partial charge is 0.494 e. The number of aliphatic carboxylic acids is 1. The second-order valence-electron chi connectivity index (χ2n) is 6.56. The molecule has 8 nitrogen and oxygen atoms in total. The van der Waals surface area contributed by atoms with Crippen LogP contribution in [0.4, 0.5) is 5.69 Å². The second kappa shape index (κ2) is 10.9. The van der Waals surface area contributed by atoms with Crippen molar-refractivity contribution in [2.75, 3.05) is 25.1 Å². The van der Waals surface area contributed by atoms with Crippen molar-refractivity contribution in [2.24, 2.45) is 0 Å². The van der Waals surface area contributed by atoms with Crippen LogP contribution in [0.15, 0.2) is 42.5 Å². The van der Waals surface area contributed by atoms with Crippen LogP contribution in [0.5, 0.6) is 11.5 Å². The zero-order valence-electron chi connectivity index (χ0n) is 17.8. The number of benzene rings is 2. The number of esters is 1. The van der Waals surface area contributed by atoms with Gasteiger partial charge >= 0.3 is 11.9 Å². The number of nitrogens with zero attached hydrogens (tertiary/aromatic N) is 1. The Labute approximate surface area is 181 Å². The molecule has 2 N–H and O–H groups in total. The van der Waals surface area contributed by atoms with E-state index in [1.807, 2.05) is 13.0 Å². The van der Waals surface area contributed by atoms with Gasteiger partial charge in [-0.1, -0.05) is 6.92 Å². The molecule has 0 aromatic heterocycles. The topological polar surface area (TPSA) is 118 Å². The van der Waals surface area contributed by atoms with E-state index in [-0.39, 0.29) is 25.4 Å². The van der Waals surface area contributed by atoms with Crippen molar-refractivity contribution >= 4 is 17.6 Å². The summed E-state index contributed by atoms with van der Waals surface area (Å²) in [7, 11) is 0. The van der Waals surface area contributed by atoms with Crippen LogP contribution in [0.2, 0.25) is 0 Å². The molecule has 0 spiro atoms. The van der Waals surface area contributed by atoms with Gasteiger partial charge in [0.05, 0.1) is 24.8 Å². The first kappa shape index (κ1) is 23.5. The summed E-state index contributed by atoms with van der Waals surface area (Å²) in [6.07, 6.45) is 0.160. The number of anilines is 1. The van der Waals surface area contributed by atoms with E-state index in [2.05, 4.69) is 5.32 Å². The van der Waals surface area contributed by atoms with Crippen LogP contribution in [0.3, 0.4) is 0 Å². The van der Waals surface area contributed by atoms with Crippen LogP contribution in [0.1, 0.15) is 38.3 Å². The van der Waals surface area contributed by atoms with Gasteiger partial charge < -0.3 is 24.6 Å². The predicted molar refractivity (Wildman–Crippen MR) is 114 cm³/mol. The predicted octanol–water partition coefficient (Wildman–Crippen LogP) is 3.70. The van der Waals surface area contributed by atoms with Gasteiger partial charge in [-0.15, -0.1) is 0 Å². The molecule has 164 valence electrons. The highest BCUT2D eigenvalue weighted by atomic mass is 16.6. The molecule has 0 aliphatic rings. The minimum absolute atomic E-state index is 0.160. The highest BCUT2D eigenvalue weighted by Gasteiger charge is 2.42. The first-order chi connectivity index (χ1) is 14.9. The summed E-state index contributed by atoms with van der Waals surface area (Å²) in [6.45, 7) is 5.50. The normalized spacial score (nSPS) is 12.2. The number of hydrogen-bond acceptors (Lipinski definition) is 7. The zero-order chi connectivity index (χ0) is 22.9. The van der Waals surface area contributed by atoms with Gasteiger partial charge in [0.25, 0.3) is 0 Å². The Balaban J connectivity index is 2.53. The molecule has 2 aromatic rings. The highest BCUT2D eigenvalue weighted by molar-refractivity contribution is 5.86. The fourth-order valence-corrected chi connectivity index (χ4v) is 3.10. The molecule has 0 heterocycles. The molecule has 8 heteroatoms. The Morgan fingerprint density at radius 1 is 1.06 bits per heavy atom. The van der Waals surface area contributed by atoms with Gasteiger partial charge in [0.2, 0.25) is 0 Å². The van der Waals surface area contributed by atoms with Crippen LogP contribution >= 0.6 is 0 Å². The molecule has 0 aliphatic heterocycles. The molecule has 0 aliphatic carbocycles. The van der Waals surface area contributed by atoms with E-state index in [4.69, 9.17) is 19.5 Å². The number of ether oxygens (including phenoxy) is 3. The summed E-state index contributed by atoms with van der Waals surface area (Å²) in [5.41, 5.74) is -0.297. The number of nitrogens with one attached hydrogen (secondary N) is 1. The van der Waals surface area contributed by atoms with Gasteiger partial charge in [-0.05, 0) is 62.7 Å². The number of nitriles is 1. The number of carbonyl (C=O) groups excluding carboxylic acids is 1. The van der Waals surface area contributed by atoms with Crippen molar-refractivity contribution in [3.05, 3.63) is 53.6 Å². The lowest BCUT2D eigenvalue weighted by Crippen LogP contribution is -2.43. The Bertz CT molecular complexity index is 952. The molecule has 2 aromatic carbocycles. The fourth-order valence-electron chi connectivity index (χ4n) is 3.10. The van der Waals surface area contributed by atoms with E-state index in [0.717, 1.165) is 0 Å². The standard InChI is InChI=1S/C23H26N2O6/c1-4-23(22(27)28,25-17-9-7-16(14-24)8-10-17)19-13-18(29-5-2)11-12-20(19)31-15-21(26)30-6-3/h7-13,25H,4-6,15H2,1-3H3,(H,27,28). The Morgan fingerprint density at radius 3 is 2.32 bits per heavy atom. The monoisotopic (exact) mass is 426 g/mol. The molecule has 0 radical (unpaired) electrons. The molecule has 0 bridgehead atoms. The van der Waals surface area contributed by atoms with Crippen LogP contribution in [0.25, 0.3) is 0 Å². The third kappa shape index (κ3) is 5.66. The third-order valence-electron chi connectivity index (χ3n) is 4.64. The van der Waals surface area contributed by atoms with Gasteiger partial charge in [0, 0.05) is 11.3 Å². The zero-order valence-corrected chi connectivity index (χ0v) is 17.8. The first-order valence-electron chi connectivity index (χ1n) is 9.97. The molecule has 0 amide bonds. The third-order valence-corrected chi connectivity index (χ3v) is 4.64. The smallest absolute Gasteiger partial charge is 0.344 e. The summed E-state index contributed by atoms with van der Waals surface area (Å²) in [4.78, 5) is 24.3. The summed E-state index contributed by atoms with van der Waals surface area (Å²) in [5, 5.41) is 22.3. The van der Waals surface area contributed by atoms with E-state index >= 15 is 0 Å². The van der Waals surface area contributed by atoms with E-state index in [0.29, 0.717) is 29.2 Å². The second-order valence-corrected chi connectivity index (χ2v) is 6.56. The molecule has 0 saturated heterocycles. The minimum atomic E-state index is -1.58. The number of hydrogen-bond donors (Lipinski definition) is 2. The Kier molecular flexibility index (Phi) is 8.26. The molecule has 2 rings (SSSR count). The lowest BCUT2D eigenvalue weighted by molar-refractivity contribution is -0.145. The molecule has 0 saturated carbocycles. The van der Waals surface area contributed by atoms with Crippen LogP contribution in [-0.2, 0) is 19.9 Å². The SMILES string of the molecule is CCOC(=O)COc1ccc(OCC)cc1C(CC)(Nc1ccc(C#N)cc1)C(=O)O. The van der Waals surface area contributed by atoms with Gasteiger partial charge in [-0.2, -0.15) is 5.26 Å². The quantitative estimate of drug-likeness (QED) is 0.522. The van der Waals surface area contributed by atoms with Crippen molar-refractivity contribution in [3.8, 4) is 17.6 Å². The summed E-state index contributed by atoms with van der Waals surface area (Å²) >= 11 is 0. The van der Waals surface area contributed by atoms with Crippen molar-refractivity contribution in [1.29, 1.82) is 5.26 Å². The van der Waals surface area contributed by atoms with E-state index in [1.165, 1.54) is 0 Å². The average Bonchev–Trinajstić information content (AvgIpc) is 2.77. The highest BCUT2D eigenvalue weighted by Crippen LogP contribution is 2.38. The maximum absolute atomic E-state index is 12.5. The van der Waals surface area contributed by atoms with Crippen molar-refractivity contribution in [3.63, 3.8) is 0 Å². The average molecular weight is 426 g/mol. The number of carboxylic acid groups (broad SMARTS) is 1.